The summed E-state index contributed by atoms with van der Waals surface area (Å²) in [7, 11) is 0. The van der Waals surface area contributed by atoms with E-state index < -0.39 is 24.5 Å². The first kappa shape index (κ1) is 21.8. The lowest BCUT2D eigenvalue weighted by molar-refractivity contribution is -0.148. The standard InChI is InChI=1S/C22H24N2O5/c1-15-8-9-16(2)18(12-15)19(25)10-11-21(27)29-14-20(26)24-22(28)23-13-17-6-4-3-5-7-17/h3-9,12H,10-11,13-14H2,1-2H3,(H2,23,24,26,28). The summed E-state index contributed by atoms with van der Waals surface area (Å²) in [5, 5.41) is 4.61. The van der Waals surface area contributed by atoms with Gasteiger partial charge in [-0.1, -0.05) is 48.0 Å². The summed E-state index contributed by atoms with van der Waals surface area (Å²) in [4.78, 5) is 47.4. The Balaban J connectivity index is 1.67. The Kier molecular flexibility index (Phi) is 8.09. The predicted molar refractivity (Wildman–Crippen MR) is 107 cm³/mol. The van der Waals surface area contributed by atoms with Crippen LogP contribution >= 0.6 is 0 Å². The lowest BCUT2D eigenvalue weighted by Crippen LogP contribution is -2.41. The van der Waals surface area contributed by atoms with Crippen molar-refractivity contribution in [3.63, 3.8) is 0 Å². The van der Waals surface area contributed by atoms with Crippen LogP contribution in [-0.4, -0.2) is 30.3 Å². The Bertz CT molecular complexity index is 893. The lowest BCUT2D eigenvalue weighted by atomic mass is 9.99. The number of Topliss-reactive ketones (excluding diaryl/α,β-unsaturated/α-hetero) is 1. The number of amides is 3. The molecule has 152 valence electrons. The van der Waals surface area contributed by atoms with Crippen LogP contribution in [0.3, 0.4) is 0 Å². The van der Waals surface area contributed by atoms with Crippen molar-refractivity contribution in [3.05, 3.63) is 70.8 Å². The van der Waals surface area contributed by atoms with Crippen molar-refractivity contribution in [1.29, 1.82) is 0 Å². The molecule has 0 aliphatic carbocycles. The van der Waals surface area contributed by atoms with Crippen LogP contribution in [0, 0.1) is 13.8 Å². The first-order valence-corrected chi connectivity index (χ1v) is 9.23. The van der Waals surface area contributed by atoms with E-state index in [0.29, 0.717) is 5.56 Å². The average molecular weight is 396 g/mol. The number of carbonyl (C=O) groups excluding carboxylic acids is 4. The van der Waals surface area contributed by atoms with E-state index in [2.05, 4.69) is 10.6 Å². The first-order chi connectivity index (χ1) is 13.8. The van der Waals surface area contributed by atoms with Crippen LogP contribution < -0.4 is 10.6 Å². The number of aryl methyl sites for hydroxylation is 2. The fraction of sp³-hybridized carbons (Fsp3) is 0.273. The highest BCUT2D eigenvalue weighted by atomic mass is 16.5. The average Bonchev–Trinajstić information content (AvgIpc) is 2.71. The molecule has 7 nitrogen and oxygen atoms in total. The summed E-state index contributed by atoms with van der Waals surface area (Å²) < 4.78 is 4.82. The van der Waals surface area contributed by atoms with Crippen LogP contribution in [0.2, 0.25) is 0 Å². The number of benzene rings is 2. The molecule has 0 fully saturated rings. The molecule has 0 aliphatic heterocycles. The minimum absolute atomic E-state index is 0.0116. The Labute approximate surface area is 169 Å². The Morgan fingerprint density at radius 2 is 1.66 bits per heavy atom. The number of nitrogens with one attached hydrogen (secondary N) is 2. The smallest absolute Gasteiger partial charge is 0.321 e. The van der Waals surface area contributed by atoms with Gasteiger partial charge in [0.25, 0.3) is 5.91 Å². The number of carbonyl (C=O) groups is 4. The third kappa shape index (κ3) is 7.57. The number of esters is 1. The van der Waals surface area contributed by atoms with E-state index in [-0.39, 0.29) is 25.2 Å². The second-order valence-electron chi connectivity index (χ2n) is 6.62. The van der Waals surface area contributed by atoms with Gasteiger partial charge in [0, 0.05) is 18.5 Å². The van der Waals surface area contributed by atoms with Gasteiger partial charge >= 0.3 is 12.0 Å². The molecule has 0 atom stereocenters. The number of hydrogen-bond donors (Lipinski definition) is 2. The van der Waals surface area contributed by atoms with Gasteiger partial charge in [-0.25, -0.2) is 4.79 Å². The van der Waals surface area contributed by atoms with Gasteiger partial charge in [0.15, 0.2) is 12.4 Å². The van der Waals surface area contributed by atoms with Crippen molar-refractivity contribution in [2.45, 2.75) is 33.2 Å². The van der Waals surface area contributed by atoms with Crippen molar-refractivity contribution >= 4 is 23.7 Å². The van der Waals surface area contributed by atoms with Gasteiger partial charge in [-0.15, -0.1) is 0 Å². The first-order valence-electron chi connectivity index (χ1n) is 9.23. The van der Waals surface area contributed by atoms with Crippen molar-refractivity contribution in [1.82, 2.24) is 10.6 Å². The van der Waals surface area contributed by atoms with Crippen LogP contribution in [0.15, 0.2) is 48.5 Å². The summed E-state index contributed by atoms with van der Waals surface area (Å²) >= 11 is 0. The van der Waals surface area contributed by atoms with Crippen molar-refractivity contribution in [3.8, 4) is 0 Å². The topological polar surface area (TPSA) is 102 Å². The van der Waals surface area contributed by atoms with E-state index in [4.69, 9.17) is 4.74 Å². The van der Waals surface area contributed by atoms with Crippen LogP contribution in [-0.2, 0) is 20.9 Å². The molecule has 0 saturated carbocycles. The number of hydrogen-bond acceptors (Lipinski definition) is 5. The SMILES string of the molecule is Cc1ccc(C)c(C(=O)CCC(=O)OCC(=O)NC(=O)NCc2ccccc2)c1. The highest BCUT2D eigenvalue weighted by molar-refractivity contribution is 5.99. The quantitative estimate of drug-likeness (QED) is 0.528. The second-order valence-corrected chi connectivity index (χ2v) is 6.62. The molecule has 0 aromatic heterocycles. The molecule has 7 heteroatoms. The van der Waals surface area contributed by atoms with Gasteiger partial charge in [-0.3, -0.25) is 19.7 Å². The van der Waals surface area contributed by atoms with Gasteiger partial charge in [-0.05, 0) is 31.0 Å². The molecule has 2 aromatic carbocycles. The van der Waals surface area contributed by atoms with Crippen LogP contribution in [0.5, 0.6) is 0 Å². The summed E-state index contributed by atoms with van der Waals surface area (Å²) in [6, 6.07) is 14.1. The molecule has 0 bridgehead atoms. The van der Waals surface area contributed by atoms with E-state index in [9.17, 15) is 19.2 Å². The highest BCUT2D eigenvalue weighted by Crippen LogP contribution is 2.14. The third-order valence-corrected chi connectivity index (χ3v) is 4.16. The van der Waals surface area contributed by atoms with E-state index in [1.54, 1.807) is 6.07 Å². The number of imide groups is 1. The van der Waals surface area contributed by atoms with Gasteiger partial charge in [0.2, 0.25) is 0 Å². The number of urea groups is 1. The summed E-state index contributed by atoms with van der Waals surface area (Å²) in [6.45, 7) is 3.40. The molecule has 2 aromatic rings. The molecule has 0 heterocycles. The number of ketones is 1. The molecule has 0 saturated heterocycles. The van der Waals surface area contributed by atoms with Gasteiger partial charge in [0.05, 0.1) is 6.42 Å². The Hall–Kier alpha value is -3.48. The molecule has 3 amide bonds. The zero-order chi connectivity index (χ0) is 21.2. The predicted octanol–water partition coefficient (Wildman–Crippen LogP) is 2.84. The largest absolute Gasteiger partial charge is 0.456 e. The Morgan fingerprint density at radius 3 is 2.38 bits per heavy atom. The molecule has 0 spiro atoms. The van der Waals surface area contributed by atoms with Crippen LogP contribution in [0.4, 0.5) is 4.79 Å². The fourth-order valence-corrected chi connectivity index (χ4v) is 2.59. The van der Waals surface area contributed by atoms with Gasteiger partial charge < -0.3 is 10.1 Å². The van der Waals surface area contributed by atoms with E-state index in [1.807, 2.05) is 56.3 Å². The highest BCUT2D eigenvalue weighted by Gasteiger charge is 2.14. The molecular weight excluding hydrogens is 372 g/mol. The molecule has 0 radical (unpaired) electrons. The molecule has 2 N–H and O–H groups in total. The van der Waals surface area contributed by atoms with Gasteiger partial charge in [0.1, 0.15) is 0 Å². The molecule has 2 rings (SSSR count). The van der Waals surface area contributed by atoms with Gasteiger partial charge in [-0.2, -0.15) is 0 Å². The monoisotopic (exact) mass is 396 g/mol. The summed E-state index contributed by atoms with van der Waals surface area (Å²) in [6.07, 6.45) is -0.151. The zero-order valence-corrected chi connectivity index (χ0v) is 16.5. The van der Waals surface area contributed by atoms with E-state index >= 15 is 0 Å². The molecule has 0 unspecified atom stereocenters. The van der Waals surface area contributed by atoms with Crippen molar-refractivity contribution in [2.24, 2.45) is 0 Å². The Morgan fingerprint density at radius 1 is 0.931 bits per heavy atom. The fourth-order valence-electron chi connectivity index (χ4n) is 2.59. The molecular formula is C22H24N2O5. The molecule has 0 aliphatic rings. The normalized spacial score (nSPS) is 10.1. The van der Waals surface area contributed by atoms with E-state index in [1.165, 1.54) is 0 Å². The zero-order valence-electron chi connectivity index (χ0n) is 16.5. The maximum atomic E-state index is 12.3. The summed E-state index contributed by atoms with van der Waals surface area (Å²) in [5.41, 5.74) is 3.26. The number of rotatable bonds is 8. The maximum Gasteiger partial charge on any atom is 0.321 e. The minimum Gasteiger partial charge on any atom is -0.456 e. The number of ether oxygens (including phenoxy) is 1. The third-order valence-electron chi connectivity index (χ3n) is 4.16. The van der Waals surface area contributed by atoms with Crippen LogP contribution in [0.1, 0.15) is 39.9 Å². The lowest BCUT2D eigenvalue weighted by Gasteiger charge is -2.08. The van der Waals surface area contributed by atoms with Crippen molar-refractivity contribution < 1.29 is 23.9 Å². The second kappa shape index (κ2) is 10.8. The summed E-state index contributed by atoms with van der Waals surface area (Å²) in [5.74, 6) is -1.58. The molecule has 29 heavy (non-hydrogen) atoms. The van der Waals surface area contributed by atoms with Crippen LogP contribution in [0.25, 0.3) is 0 Å². The van der Waals surface area contributed by atoms with E-state index in [0.717, 1.165) is 16.7 Å². The van der Waals surface area contributed by atoms with Crippen molar-refractivity contribution in [2.75, 3.05) is 6.61 Å². The minimum atomic E-state index is -0.746. The maximum absolute atomic E-state index is 12.3.